The van der Waals surface area contributed by atoms with Crippen molar-refractivity contribution in [1.29, 1.82) is 0 Å². The molecular formula is C15H16N2O3S. The lowest BCUT2D eigenvalue weighted by Gasteiger charge is -2.22. The summed E-state index contributed by atoms with van der Waals surface area (Å²) >= 11 is 0. The van der Waals surface area contributed by atoms with E-state index < -0.39 is 15.9 Å². The van der Waals surface area contributed by atoms with E-state index in [4.69, 9.17) is 0 Å². The highest BCUT2D eigenvalue weighted by Gasteiger charge is 2.19. The van der Waals surface area contributed by atoms with E-state index in [0.29, 0.717) is 5.69 Å². The normalized spacial score (nSPS) is 10.9. The molecule has 0 aliphatic carbocycles. The topological polar surface area (TPSA) is 66.5 Å². The summed E-state index contributed by atoms with van der Waals surface area (Å²) in [5.41, 5.74) is 3.63. The van der Waals surface area contributed by atoms with Gasteiger partial charge < -0.3 is 0 Å². The second-order valence-corrected chi connectivity index (χ2v) is 6.39. The van der Waals surface area contributed by atoms with Crippen LogP contribution in [0.4, 0.5) is 5.69 Å². The molecule has 21 heavy (non-hydrogen) atoms. The van der Waals surface area contributed by atoms with Crippen molar-refractivity contribution >= 4 is 21.6 Å². The highest BCUT2D eigenvalue weighted by atomic mass is 32.2. The summed E-state index contributed by atoms with van der Waals surface area (Å²) in [4.78, 5) is 12.0. The van der Waals surface area contributed by atoms with Crippen molar-refractivity contribution in [1.82, 2.24) is 5.43 Å². The van der Waals surface area contributed by atoms with E-state index in [9.17, 15) is 13.2 Å². The highest BCUT2D eigenvalue weighted by molar-refractivity contribution is 7.92. The monoisotopic (exact) mass is 304 g/mol. The Balaban J connectivity index is 2.15. The van der Waals surface area contributed by atoms with Crippen LogP contribution in [0.15, 0.2) is 60.7 Å². The van der Waals surface area contributed by atoms with E-state index in [1.807, 2.05) is 30.3 Å². The van der Waals surface area contributed by atoms with Gasteiger partial charge in [0.05, 0.1) is 18.4 Å². The fourth-order valence-corrected chi connectivity index (χ4v) is 2.61. The van der Waals surface area contributed by atoms with Gasteiger partial charge in [0.15, 0.2) is 0 Å². The summed E-state index contributed by atoms with van der Waals surface area (Å²) < 4.78 is 24.5. The molecule has 0 fully saturated rings. The number of benzene rings is 2. The fraction of sp³-hybridized carbons (Fsp3) is 0.133. The molecule has 0 radical (unpaired) electrons. The molecule has 110 valence electrons. The van der Waals surface area contributed by atoms with Crippen molar-refractivity contribution in [2.24, 2.45) is 0 Å². The minimum atomic E-state index is -3.60. The third-order valence-electron chi connectivity index (χ3n) is 2.76. The maximum Gasteiger partial charge on any atom is 0.249 e. The molecule has 2 aromatic carbocycles. The molecule has 0 saturated carbocycles. The first-order chi connectivity index (χ1) is 9.97. The number of hydrogen-bond acceptors (Lipinski definition) is 3. The number of anilines is 1. The standard InChI is InChI=1S/C15H16N2O3S/c1-21(19,20)17(14-10-6-3-7-11-14)16-15(18)12-13-8-4-2-5-9-13/h2-11H,12H2,1H3,(H,16,18). The van der Waals surface area contributed by atoms with Gasteiger partial charge in [0.25, 0.3) is 0 Å². The summed E-state index contributed by atoms with van der Waals surface area (Å²) in [6.07, 6.45) is 1.16. The molecule has 0 aliphatic heterocycles. The van der Waals surface area contributed by atoms with E-state index in [-0.39, 0.29) is 6.42 Å². The Bertz CT molecular complexity index is 700. The smallest absolute Gasteiger partial charge is 0.249 e. The molecule has 0 unspecified atom stereocenters. The van der Waals surface area contributed by atoms with Crippen LogP contribution in [0.2, 0.25) is 0 Å². The van der Waals surface area contributed by atoms with Gasteiger partial charge in [-0.05, 0) is 17.7 Å². The van der Waals surface area contributed by atoms with E-state index in [1.54, 1.807) is 30.3 Å². The summed E-state index contributed by atoms with van der Waals surface area (Å²) in [5, 5.41) is 0. The Hall–Kier alpha value is -2.34. The van der Waals surface area contributed by atoms with Crippen molar-refractivity contribution in [3.63, 3.8) is 0 Å². The van der Waals surface area contributed by atoms with Gasteiger partial charge >= 0.3 is 0 Å². The molecule has 0 spiro atoms. The SMILES string of the molecule is CS(=O)(=O)N(NC(=O)Cc1ccccc1)c1ccccc1. The van der Waals surface area contributed by atoms with Crippen molar-refractivity contribution < 1.29 is 13.2 Å². The Labute approximate surface area is 124 Å². The van der Waals surface area contributed by atoms with Crippen LogP contribution in [0.5, 0.6) is 0 Å². The number of amides is 1. The zero-order valence-electron chi connectivity index (χ0n) is 11.6. The summed E-state index contributed by atoms with van der Waals surface area (Å²) in [6.45, 7) is 0. The number of para-hydroxylation sites is 1. The van der Waals surface area contributed by atoms with E-state index >= 15 is 0 Å². The molecule has 5 nitrogen and oxygen atoms in total. The molecule has 6 heteroatoms. The maximum atomic E-state index is 12.0. The quantitative estimate of drug-likeness (QED) is 0.855. The predicted molar refractivity (Wildman–Crippen MR) is 82.1 cm³/mol. The number of hydrogen-bond donors (Lipinski definition) is 1. The van der Waals surface area contributed by atoms with Gasteiger partial charge in [-0.1, -0.05) is 48.5 Å². The summed E-state index contributed by atoms with van der Waals surface area (Å²) in [5.74, 6) is -0.393. The van der Waals surface area contributed by atoms with Gasteiger partial charge in [0, 0.05) is 0 Å². The number of carbonyl (C=O) groups is 1. The number of rotatable bonds is 5. The lowest BCUT2D eigenvalue weighted by Crippen LogP contribution is -2.46. The molecular weight excluding hydrogens is 288 g/mol. The molecule has 0 atom stereocenters. The Morgan fingerprint density at radius 2 is 1.52 bits per heavy atom. The van der Waals surface area contributed by atoms with Crippen molar-refractivity contribution in [3.05, 3.63) is 66.2 Å². The van der Waals surface area contributed by atoms with Crippen LogP contribution >= 0.6 is 0 Å². The van der Waals surface area contributed by atoms with Gasteiger partial charge in [-0.3, -0.25) is 10.2 Å². The minimum Gasteiger partial charge on any atom is -0.273 e. The largest absolute Gasteiger partial charge is 0.273 e. The van der Waals surface area contributed by atoms with Crippen molar-refractivity contribution in [3.8, 4) is 0 Å². The van der Waals surface area contributed by atoms with Crippen LogP contribution in [0, 0.1) is 0 Å². The highest BCUT2D eigenvalue weighted by Crippen LogP contribution is 2.14. The molecule has 2 aromatic rings. The molecule has 0 aliphatic rings. The van der Waals surface area contributed by atoms with Crippen LogP contribution in [-0.4, -0.2) is 20.6 Å². The number of hydrazine groups is 1. The Morgan fingerprint density at radius 3 is 2.05 bits per heavy atom. The van der Waals surface area contributed by atoms with Gasteiger partial charge in [-0.15, -0.1) is 0 Å². The molecule has 0 saturated heterocycles. The van der Waals surface area contributed by atoms with Gasteiger partial charge in [0.2, 0.25) is 15.9 Å². The molecule has 1 amide bonds. The number of sulfonamides is 1. The predicted octanol–water partition coefficient (Wildman–Crippen LogP) is 1.73. The number of nitrogens with zero attached hydrogens (tertiary/aromatic N) is 1. The Kier molecular flexibility index (Phi) is 4.59. The molecule has 1 N–H and O–H groups in total. The first kappa shape index (κ1) is 15.1. The Morgan fingerprint density at radius 1 is 1.00 bits per heavy atom. The lowest BCUT2D eigenvalue weighted by molar-refractivity contribution is -0.120. The van der Waals surface area contributed by atoms with Crippen molar-refractivity contribution in [2.45, 2.75) is 6.42 Å². The zero-order chi connectivity index (χ0) is 15.3. The number of nitrogens with one attached hydrogen (secondary N) is 1. The third kappa shape index (κ3) is 4.32. The van der Waals surface area contributed by atoms with Gasteiger partial charge in [0.1, 0.15) is 0 Å². The average Bonchev–Trinajstić information content (AvgIpc) is 2.45. The second kappa shape index (κ2) is 6.41. The van der Waals surface area contributed by atoms with Crippen molar-refractivity contribution in [2.75, 3.05) is 10.7 Å². The van der Waals surface area contributed by atoms with Gasteiger partial charge in [-0.2, -0.15) is 4.41 Å². The molecule has 0 heterocycles. The molecule has 0 bridgehead atoms. The number of carbonyl (C=O) groups excluding carboxylic acids is 1. The first-order valence-electron chi connectivity index (χ1n) is 6.35. The van der Waals surface area contributed by atoms with E-state index in [2.05, 4.69) is 5.43 Å². The minimum absolute atomic E-state index is 0.111. The molecule has 0 aromatic heterocycles. The zero-order valence-corrected chi connectivity index (χ0v) is 12.4. The average molecular weight is 304 g/mol. The van der Waals surface area contributed by atoms with E-state index in [0.717, 1.165) is 16.2 Å². The summed E-state index contributed by atoms with van der Waals surface area (Å²) in [6, 6.07) is 17.5. The first-order valence-corrected chi connectivity index (χ1v) is 8.20. The summed E-state index contributed by atoms with van der Waals surface area (Å²) in [7, 11) is -3.60. The van der Waals surface area contributed by atoms with Crippen LogP contribution < -0.4 is 9.84 Å². The van der Waals surface area contributed by atoms with Gasteiger partial charge in [-0.25, -0.2) is 8.42 Å². The lowest BCUT2D eigenvalue weighted by atomic mass is 10.1. The van der Waals surface area contributed by atoms with Crippen LogP contribution in [0.25, 0.3) is 0 Å². The molecule has 2 rings (SSSR count). The van der Waals surface area contributed by atoms with Crippen LogP contribution in [-0.2, 0) is 21.2 Å². The van der Waals surface area contributed by atoms with Crippen LogP contribution in [0.1, 0.15) is 5.56 Å². The third-order valence-corrected chi connectivity index (χ3v) is 3.72. The maximum absolute atomic E-state index is 12.0. The van der Waals surface area contributed by atoms with Crippen LogP contribution in [0.3, 0.4) is 0 Å². The fourth-order valence-electron chi connectivity index (χ4n) is 1.84. The van der Waals surface area contributed by atoms with E-state index in [1.165, 1.54) is 0 Å². The second-order valence-electron chi connectivity index (χ2n) is 4.56.